The molecule has 0 amide bonds. The Balaban J connectivity index is 1.80. The molecule has 5 unspecified atom stereocenters. The van der Waals surface area contributed by atoms with Crippen molar-refractivity contribution in [2.75, 3.05) is 0 Å². The van der Waals surface area contributed by atoms with Crippen LogP contribution in [0.2, 0.25) is 0 Å². The summed E-state index contributed by atoms with van der Waals surface area (Å²) < 4.78 is 6.38. The normalized spacial score (nSPS) is 51.9. The molecule has 1 N–H and O–H groups in total. The van der Waals surface area contributed by atoms with E-state index in [2.05, 4.69) is 13.8 Å². The molecule has 0 aromatic carbocycles. The van der Waals surface area contributed by atoms with Crippen LogP contribution in [0.1, 0.15) is 52.9 Å². The number of aliphatic carboxylic acids is 1. The van der Waals surface area contributed by atoms with Crippen LogP contribution in [0, 0.1) is 22.7 Å². The fourth-order valence-electron chi connectivity index (χ4n) is 6.31. The second kappa shape index (κ2) is 4.02. The van der Waals surface area contributed by atoms with Crippen LogP contribution in [0.25, 0.3) is 0 Å². The molecule has 4 fully saturated rings. The average Bonchev–Trinajstić information content (AvgIpc) is 2.78. The minimum atomic E-state index is -0.825. The highest BCUT2D eigenvalue weighted by atomic mass is 16.5. The van der Waals surface area contributed by atoms with Gasteiger partial charge < -0.3 is 9.84 Å². The standard InChI is InChI=1S/C18H24O4/c1-10-6-13(19)16(2,5-4-14(20)21)15-12-7-11-8-18(10,15)9-17(11,3)22-12/h6,11-12,15H,4-5,7-9H2,1-3H3,(H,20,21)/t11?,12?,15?,16-,17?,18?/m1/s1. The first-order chi connectivity index (χ1) is 10.2. The van der Waals surface area contributed by atoms with Crippen molar-refractivity contribution < 1.29 is 19.4 Å². The SMILES string of the molecule is CC1=CC(=O)[C@@](C)(CCC(=O)O)C2C3CC4CC12CC4(C)O3. The summed E-state index contributed by atoms with van der Waals surface area (Å²) in [6.45, 7) is 6.30. The molecular formula is C18H24O4. The van der Waals surface area contributed by atoms with Crippen LogP contribution in [0.3, 0.4) is 0 Å². The van der Waals surface area contributed by atoms with Crippen LogP contribution < -0.4 is 0 Å². The molecule has 4 nitrogen and oxygen atoms in total. The topological polar surface area (TPSA) is 63.6 Å². The fourth-order valence-corrected chi connectivity index (χ4v) is 6.31. The van der Waals surface area contributed by atoms with Crippen molar-refractivity contribution in [1.29, 1.82) is 0 Å². The van der Waals surface area contributed by atoms with Crippen molar-refractivity contribution in [3.05, 3.63) is 11.6 Å². The van der Waals surface area contributed by atoms with Gasteiger partial charge in [0, 0.05) is 23.2 Å². The van der Waals surface area contributed by atoms with Crippen LogP contribution in [0.15, 0.2) is 11.6 Å². The first-order valence-electron chi connectivity index (χ1n) is 8.34. The number of carbonyl (C=O) groups excluding carboxylic acids is 1. The number of carboxylic acids is 1. The van der Waals surface area contributed by atoms with Gasteiger partial charge in [-0.2, -0.15) is 0 Å². The molecule has 5 rings (SSSR count). The van der Waals surface area contributed by atoms with E-state index in [9.17, 15) is 9.59 Å². The van der Waals surface area contributed by atoms with Crippen molar-refractivity contribution in [3.8, 4) is 0 Å². The molecule has 4 bridgehead atoms. The van der Waals surface area contributed by atoms with Crippen LogP contribution in [0.5, 0.6) is 0 Å². The fraction of sp³-hybridized carbons (Fsp3) is 0.778. The number of carbonyl (C=O) groups is 2. The summed E-state index contributed by atoms with van der Waals surface area (Å²) in [5, 5.41) is 9.08. The highest BCUT2D eigenvalue weighted by Crippen LogP contribution is 2.73. The van der Waals surface area contributed by atoms with Gasteiger partial charge in [0.15, 0.2) is 5.78 Å². The Kier molecular flexibility index (Phi) is 2.64. The van der Waals surface area contributed by atoms with E-state index in [-0.39, 0.29) is 35.2 Å². The van der Waals surface area contributed by atoms with Gasteiger partial charge in [0.1, 0.15) is 0 Å². The molecule has 120 valence electrons. The molecule has 5 aliphatic rings. The van der Waals surface area contributed by atoms with Crippen molar-refractivity contribution in [1.82, 2.24) is 0 Å². The molecule has 0 radical (unpaired) electrons. The first kappa shape index (κ1) is 14.4. The molecule has 0 aromatic heterocycles. The number of hydrogen-bond donors (Lipinski definition) is 1. The Morgan fingerprint density at radius 2 is 2.18 bits per heavy atom. The van der Waals surface area contributed by atoms with E-state index in [0.717, 1.165) is 19.3 Å². The van der Waals surface area contributed by atoms with Gasteiger partial charge in [-0.25, -0.2) is 0 Å². The molecule has 0 aromatic rings. The van der Waals surface area contributed by atoms with Gasteiger partial charge in [-0.1, -0.05) is 12.5 Å². The Hall–Kier alpha value is -1.16. The van der Waals surface area contributed by atoms with Crippen molar-refractivity contribution in [3.63, 3.8) is 0 Å². The maximum Gasteiger partial charge on any atom is 0.303 e. The lowest BCUT2D eigenvalue weighted by Gasteiger charge is -2.57. The maximum absolute atomic E-state index is 12.8. The second-order valence-corrected chi connectivity index (χ2v) is 8.42. The van der Waals surface area contributed by atoms with E-state index < -0.39 is 11.4 Å². The highest BCUT2D eigenvalue weighted by Gasteiger charge is 2.72. The summed E-state index contributed by atoms with van der Waals surface area (Å²) in [5.41, 5.74) is 0.628. The van der Waals surface area contributed by atoms with Gasteiger partial charge >= 0.3 is 5.97 Å². The molecule has 2 aliphatic heterocycles. The predicted molar refractivity (Wildman–Crippen MR) is 80.3 cm³/mol. The molecule has 6 atom stereocenters. The number of allylic oxidation sites excluding steroid dienone is 2. The molecular weight excluding hydrogens is 280 g/mol. The average molecular weight is 304 g/mol. The van der Waals surface area contributed by atoms with E-state index in [1.165, 1.54) is 5.57 Å². The number of rotatable bonds is 3. The van der Waals surface area contributed by atoms with Gasteiger partial charge in [0.2, 0.25) is 0 Å². The van der Waals surface area contributed by atoms with Gasteiger partial charge in [-0.3, -0.25) is 9.59 Å². The Morgan fingerprint density at radius 3 is 2.82 bits per heavy atom. The zero-order valence-electron chi connectivity index (χ0n) is 13.5. The lowest BCUT2D eigenvalue weighted by molar-refractivity contribution is -0.172. The van der Waals surface area contributed by atoms with Crippen molar-refractivity contribution >= 4 is 11.8 Å². The predicted octanol–water partition coefficient (Wildman–Crippen LogP) is 2.96. The first-order valence-corrected chi connectivity index (χ1v) is 8.34. The summed E-state index contributed by atoms with van der Waals surface area (Å²) >= 11 is 0. The van der Waals surface area contributed by atoms with Crippen LogP contribution in [0.4, 0.5) is 0 Å². The zero-order valence-corrected chi connectivity index (χ0v) is 13.5. The largest absolute Gasteiger partial charge is 0.481 e. The van der Waals surface area contributed by atoms with Crippen LogP contribution in [-0.2, 0) is 14.3 Å². The summed E-state index contributed by atoms with van der Waals surface area (Å²) in [6, 6.07) is 0. The smallest absolute Gasteiger partial charge is 0.303 e. The monoisotopic (exact) mass is 304 g/mol. The van der Waals surface area contributed by atoms with Crippen LogP contribution >= 0.6 is 0 Å². The minimum absolute atomic E-state index is 0.0373. The summed E-state index contributed by atoms with van der Waals surface area (Å²) in [6.07, 6.45) is 5.52. The van der Waals surface area contributed by atoms with E-state index in [1.54, 1.807) is 0 Å². The number of ketones is 1. The zero-order chi connectivity index (χ0) is 15.9. The van der Waals surface area contributed by atoms with Gasteiger partial charge in [-0.05, 0) is 51.5 Å². The molecule has 3 aliphatic carbocycles. The summed E-state index contributed by atoms with van der Waals surface area (Å²) in [7, 11) is 0. The molecule has 4 heteroatoms. The summed E-state index contributed by atoms with van der Waals surface area (Å²) in [4.78, 5) is 23.8. The lowest BCUT2D eigenvalue weighted by Crippen LogP contribution is -2.57. The van der Waals surface area contributed by atoms with Gasteiger partial charge in [0.05, 0.1) is 11.7 Å². The van der Waals surface area contributed by atoms with E-state index in [4.69, 9.17) is 9.84 Å². The minimum Gasteiger partial charge on any atom is -0.481 e. The molecule has 2 saturated carbocycles. The second-order valence-electron chi connectivity index (χ2n) is 8.42. The molecule has 2 saturated heterocycles. The number of hydrogen-bond acceptors (Lipinski definition) is 3. The lowest BCUT2D eigenvalue weighted by atomic mass is 9.49. The Morgan fingerprint density at radius 1 is 1.45 bits per heavy atom. The van der Waals surface area contributed by atoms with Gasteiger partial charge in [0.25, 0.3) is 0 Å². The number of ether oxygens (including phenoxy) is 1. The third kappa shape index (κ3) is 1.52. The van der Waals surface area contributed by atoms with Crippen LogP contribution in [-0.4, -0.2) is 28.6 Å². The molecule has 1 spiro atoms. The van der Waals surface area contributed by atoms with Gasteiger partial charge in [-0.15, -0.1) is 0 Å². The summed E-state index contributed by atoms with van der Waals surface area (Å²) in [5.74, 6) is 0.0101. The van der Waals surface area contributed by atoms with E-state index >= 15 is 0 Å². The Bertz CT molecular complexity index is 608. The van der Waals surface area contributed by atoms with E-state index in [0.29, 0.717) is 12.3 Å². The Labute approximate surface area is 130 Å². The van der Waals surface area contributed by atoms with Crippen molar-refractivity contribution in [2.45, 2.75) is 64.6 Å². The highest BCUT2D eigenvalue weighted by molar-refractivity contribution is 5.97. The number of carboxylic acid groups (broad SMARTS) is 1. The third-order valence-electron chi connectivity index (χ3n) is 7.29. The maximum atomic E-state index is 12.8. The molecule has 22 heavy (non-hydrogen) atoms. The third-order valence-corrected chi connectivity index (χ3v) is 7.29. The van der Waals surface area contributed by atoms with Crippen molar-refractivity contribution in [2.24, 2.45) is 22.7 Å². The van der Waals surface area contributed by atoms with E-state index in [1.807, 2.05) is 13.0 Å². The quantitative estimate of drug-likeness (QED) is 0.870. The molecule has 2 heterocycles.